The maximum absolute atomic E-state index is 12.2. The molecule has 2 aromatic carbocycles. The van der Waals surface area contributed by atoms with Crippen molar-refractivity contribution in [1.29, 1.82) is 0 Å². The third-order valence-corrected chi connectivity index (χ3v) is 4.62. The lowest BCUT2D eigenvalue weighted by Crippen LogP contribution is -2.44. The molecule has 8 nitrogen and oxygen atoms in total. The van der Waals surface area contributed by atoms with E-state index in [9.17, 15) is 19.5 Å². The first-order valence-electron chi connectivity index (χ1n) is 8.82. The number of aliphatic hydroxyl groups excluding tert-OH is 1. The van der Waals surface area contributed by atoms with E-state index in [1.165, 1.54) is 9.13 Å². The number of aryl methyl sites for hydroxylation is 2. The number of hydrogen-bond donors (Lipinski definition) is 3. The van der Waals surface area contributed by atoms with Crippen molar-refractivity contribution < 1.29 is 14.7 Å². The van der Waals surface area contributed by atoms with E-state index in [0.717, 1.165) is 11.1 Å². The van der Waals surface area contributed by atoms with Crippen LogP contribution in [0.15, 0.2) is 53.3 Å². The highest BCUT2D eigenvalue weighted by molar-refractivity contribution is 6.39. The van der Waals surface area contributed by atoms with Gasteiger partial charge in [0.1, 0.15) is 0 Å². The molecule has 0 saturated carbocycles. The van der Waals surface area contributed by atoms with Crippen molar-refractivity contribution in [1.82, 2.24) is 14.5 Å². The monoisotopic (exact) mass is 382 g/mol. The van der Waals surface area contributed by atoms with Crippen LogP contribution in [0.3, 0.4) is 0 Å². The summed E-state index contributed by atoms with van der Waals surface area (Å²) in [7, 11) is 3.30. The minimum atomic E-state index is -0.841. The average Bonchev–Trinajstić information content (AvgIpc) is 2.92. The van der Waals surface area contributed by atoms with Gasteiger partial charge in [0.25, 0.3) is 0 Å². The first-order valence-corrected chi connectivity index (χ1v) is 8.82. The number of aromatic nitrogens is 2. The Morgan fingerprint density at radius 2 is 1.68 bits per heavy atom. The van der Waals surface area contributed by atoms with Crippen molar-refractivity contribution in [2.45, 2.75) is 12.5 Å². The van der Waals surface area contributed by atoms with Gasteiger partial charge in [-0.15, -0.1) is 0 Å². The molecule has 0 radical (unpaired) electrons. The molecule has 0 bridgehead atoms. The summed E-state index contributed by atoms with van der Waals surface area (Å²) < 4.78 is 2.97. The summed E-state index contributed by atoms with van der Waals surface area (Å²) >= 11 is 0. The summed E-state index contributed by atoms with van der Waals surface area (Å²) in [5.74, 6) is -1.68. The van der Waals surface area contributed by atoms with Gasteiger partial charge in [-0.1, -0.05) is 30.3 Å². The predicted molar refractivity (Wildman–Crippen MR) is 106 cm³/mol. The van der Waals surface area contributed by atoms with Gasteiger partial charge >= 0.3 is 17.5 Å². The number of imidazole rings is 1. The molecule has 3 rings (SSSR count). The minimum Gasteiger partial charge on any atom is -0.394 e. The second-order valence-corrected chi connectivity index (χ2v) is 6.60. The van der Waals surface area contributed by atoms with Crippen LogP contribution in [0, 0.1) is 0 Å². The van der Waals surface area contributed by atoms with Gasteiger partial charge < -0.3 is 15.7 Å². The molecule has 1 heterocycles. The van der Waals surface area contributed by atoms with Crippen LogP contribution < -0.4 is 16.3 Å². The molecule has 28 heavy (non-hydrogen) atoms. The van der Waals surface area contributed by atoms with E-state index >= 15 is 0 Å². The largest absolute Gasteiger partial charge is 0.394 e. The lowest BCUT2D eigenvalue weighted by atomic mass is 10.1. The summed E-state index contributed by atoms with van der Waals surface area (Å²) in [6.45, 7) is -0.286. The van der Waals surface area contributed by atoms with Crippen LogP contribution in [0.4, 0.5) is 5.69 Å². The number of nitrogens with zero attached hydrogens (tertiary/aromatic N) is 2. The van der Waals surface area contributed by atoms with Crippen molar-refractivity contribution in [2.75, 3.05) is 11.9 Å². The fourth-order valence-corrected chi connectivity index (χ4v) is 3.08. The zero-order valence-electron chi connectivity index (χ0n) is 15.7. The predicted octanol–water partition coefficient (Wildman–Crippen LogP) is 0.535. The van der Waals surface area contributed by atoms with E-state index < -0.39 is 17.9 Å². The molecule has 0 aliphatic carbocycles. The van der Waals surface area contributed by atoms with Crippen molar-refractivity contribution in [2.24, 2.45) is 14.1 Å². The van der Waals surface area contributed by atoms with E-state index in [-0.39, 0.29) is 12.3 Å². The molecule has 0 fully saturated rings. The average molecular weight is 382 g/mol. The van der Waals surface area contributed by atoms with E-state index in [1.807, 2.05) is 30.3 Å². The van der Waals surface area contributed by atoms with Gasteiger partial charge in [0, 0.05) is 19.8 Å². The molecule has 0 aliphatic rings. The van der Waals surface area contributed by atoms with Crippen molar-refractivity contribution in [3.8, 4) is 0 Å². The number of hydrogen-bond acceptors (Lipinski definition) is 4. The lowest BCUT2D eigenvalue weighted by molar-refractivity contribution is -0.136. The third-order valence-electron chi connectivity index (χ3n) is 4.62. The number of benzene rings is 2. The molecule has 2 amide bonds. The zero-order chi connectivity index (χ0) is 20.3. The molecular weight excluding hydrogens is 360 g/mol. The zero-order valence-corrected chi connectivity index (χ0v) is 15.7. The first-order chi connectivity index (χ1) is 13.4. The normalized spacial score (nSPS) is 12.0. The van der Waals surface area contributed by atoms with Crippen molar-refractivity contribution in [3.05, 3.63) is 64.6 Å². The smallest absolute Gasteiger partial charge is 0.328 e. The van der Waals surface area contributed by atoms with Gasteiger partial charge in [-0.2, -0.15) is 0 Å². The number of rotatable bonds is 5. The summed E-state index contributed by atoms with van der Waals surface area (Å²) in [6.07, 6.45) is 0.411. The van der Waals surface area contributed by atoms with Gasteiger partial charge in [0.2, 0.25) is 0 Å². The molecule has 8 heteroatoms. The SMILES string of the molecule is Cn1c(=O)n(C)c2cc(NC(=O)C(=O)N[C@@H](CO)Cc3ccccc3)ccc21. The number of fused-ring (bicyclic) bond motifs is 1. The van der Waals surface area contributed by atoms with Gasteiger partial charge in [-0.25, -0.2) is 4.79 Å². The van der Waals surface area contributed by atoms with Gasteiger partial charge in [-0.05, 0) is 30.2 Å². The highest BCUT2D eigenvalue weighted by Crippen LogP contribution is 2.17. The number of amides is 2. The highest BCUT2D eigenvalue weighted by atomic mass is 16.3. The van der Waals surface area contributed by atoms with Crippen LogP contribution in [0.2, 0.25) is 0 Å². The molecule has 0 spiro atoms. The Bertz CT molecular complexity index is 1070. The lowest BCUT2D eigenvalue weighted by Gasteiger charge is -2.16. The molecule has 0 saturated heterocycles. The summed E-state index contributed by atoms with van der Waals surface area (Å²) in [6, 6.07) is 13.8. The molecule has 1 aromatic heterocycles. The molecule has 146 valence electrons. The summed E-state index contributed by atoms with van der Waals surface area (Å²) in [5.41, 5.74) is 2.53. The third kappa shape index (κ3) is 3.96. The molecule has 0 aliphatic heterocycles. The second-order valence-electron chi connectivity index (χ2n) is 6.60. The van der Waals surface area contributed by atoms with E-state index in [4.69, 9.17) is 0 Å². The minimum absolute atomic E-state index is 0.178. The highest BCUT2D eigenvalue weighted by Gasteiger charge is 2.19. The Morgan fingerprint density at radius 1 is 1.00 bits per heavy atom. The van der Waals surface area contributed by atoms with Crippen LogP contribution in [-0.2, 0) is 30.1 Å². The number of anilines is 1. The van der Waals surface area contributed by atoms with Gasteiger partial charge in [0.05, 0.1) is 23.7 Å². The van der Waals surface area contributed by atoms with Crippen LogP contribution >= 0.6 is 0 Å². The van der Waals surface area contributed by atoms with Gasteiger partial charge in [0.15, 0.2) is 0 Å². The quantitative estimate of drug-likeness (QED) is 0.560. The summed E-state index contributed by atoms with van der Waals surface area (Å²) in [5, 5.41) is 14.6. The Labute approximate surface area is 161 Å². The van der Waals surface area contributed by atoms with E-state index in [1.54, 1.807) is 32.3 Å². The molecule has 1 atom stereocenters. The van der Waals surface area contributed by atoms with Crippen molar-refractivity contribution >= 4 is 28.5 Å². The second kappa shape index (κ2) is 8.10. The van der Waals surface area contributed by atoms with Gasteiger partial charge in [-0.3, -0.25) is 18.7 Å². The fourth-order valence-electron chi connectivity index (χ4n) is 3.08. The number of carbonyl (C=O) groups excluding carboxylic acids is 2. The standard InChI is InChI=1S/C20H22N4O4/c1-23-16-9-8-14(11-17(16)24(2)20(23)28)21-18(26)19(27)22-15(12-25)10-13-6-4-3-5-7-13/h3-9,11,15,25H,10,12H2,1-2H3,(H,21,26)(H,22,27)/t15-/m1/s1. The number of carbonyl (C=O) groups is 2. The maximum atomic E-state index is 12.2. The fraction of sp³-hybridized carbons (Fsp3) is 0.250. The van der Waals surface area contributed by atoms with Crippen LogP contribution in [0.25, 0.3) is 11.0 Å². The Kier molecular flexibility index (Phi) is 5.60. The number of aliphatic hydroxyl groups is 1. The molecule has 3 aromatic rings. The summed E-state index contributed by atoms with van der Waals surface area (Å²) in [4.78, 5) is 36.4. The van der Waals surface area contributed by atoms with E-state index in [0.29, 0.717) is 17.6 Å². The Morgan fingerprint density at radius 3 is 2.36 bits per heavy atom. The topological polar surface area (TPSA) is 105 Å². The maximum Gasteiger partial charge on any atom is 0.328 e. The van der Waals surface area contributed by atoms with Crippen LogP contribution in [0.1, 0.15) is 5.56 Å². The Balaban J connectivity index is 1.68. The molecular formula is C20H22N4O4. The Hall–Kier alpha value is -3.39. The molecule has 3 N–H and O–H groups in total. The van der Waals surface area contributed by atoms with Crippen LogP contribution in [-0.4, -0.2) is 38.7 Å². The first kappa shape index (κ1) is 19.4. The molecule has 0 unspecified atom stereocenters. The number of nitrogens with one attached hydrogen (secondary N) is 2. The van der Waals surface area contributed by atoms with E-state index in [2.05, 4.69) is 10.6 Å². The van der Waals surface area contributed by atoms with Crippen molar-refractivity contribution in [3.63, 3.8) is 0 Å². The van der Waals surface area contributed by atoms with Crippen LogP contribution in [0.5, 0.6) is 0 Å².